The van der Waals surface area contributed by atoms with Crippen molar-refractivity contribution in [2.75, 3.05) is 0 Å². The molecule has 0 amide bonds. The number of rotatable bonds is 7. The molecule has 6 nitrogen and oxygen atoms in total. The highest BCUT2D eigenvalue weighted by atomic mass is 15.4. The molecule has 0 atom stereocenters. The molecule has 6 heteroatoms. The third-order valence-corrected chi connectivity index (χ3v) is 9.12. The van der Waals surface area contributed by atoms with E-state index in [4.69, 9.17) is 20.2 Å². The lowest BCUT2D eigenvalue weighted by atomic mass is 9.88. The van der Waals surface area contributed by atoms with Crippen molar-refractivity contribution in [3.8, 4) is 68.1 Å². The van der Waals surface area contributed by atoms with Crippen molar-refractivity contribution >= 4 is 0 Å². The number of aromatic nitrogens is 6. The van der Waals surface area contributed by atoms with Crippen LogP contribution in [0, 0.1) is 27.7 Å². The summed E-state index contributed by atoms with van der Waals surface area (Å²) in [5, 5.41) is 10.1. The second kappa shape index (κ2) is 12.9. The molecule has 0 saturated heterocycles. The first-order valence-corrected chi connectivity index (χ1v) is 16.8. The van der Waals surface area contributed by atoms with Crippen LogP contribution < -0.4 is 0 Å². The van der Waals surface area contributed by atoms with Gasteiger partial charge in [-0.3, -0.25) is 0 Å². The van der Waals surface area contributed by atoms with Crippen LogP contribution in [0.4, 0.5) is 0 Å². The van der Waals surface area contributed by atoms with Crippen LogP contribution in [0.15, 0.2) is 146 Å². The van der Waals surface area contributed by atoms with E-state index in [2.05, 4.69) is 76.2 Å². The monoisotopic (exact) mass is 648 g/mol. The van der Waals surface area contributed by atoms with Crippen molar-refractivity contribution in [3.63, 3.8) is 0 Å². The van der Waals surface area contributed by atoms with E-state index in [1.54, 1.807) is 0 Å². The Labute approximate surface area is 292 Å². The summed E-state index contributed by atoms with van der Waals surface area (Å²) in [6.45, 7) is 8.75. The van der Waals surface area contributed by atoms with Gasteiger partial charge in [-0.25, -0.2) is 19.3 Å². The molecule has 6 aromatic carbocycles. The molecular formula is C44H36N6. The third-order valence-electron chi connectivity index (χ3n) is 9.12. The molecule has 0 bridgehead atoms. The van der Waals surface area contributed by atoms with Crippen LogP contribution in [-0.4, -0.2) is 29.5 Å². The zero-order valence-corrected chi connectivity index (χ0v) is 28.5. The van der Waals surface area contributed by atoms with Gasteiger partial charge in [0.15, 0.2) is 23.3 Å². The van der Waals surface area contributed by atoms with Gasteiger partial charge >= 0.3 is 0 Å². The van der Waals surface area contributed by atoms with Crippen LogP contribution in [0.3, 0.4) is 0 Å². The van der Waals surface area contributed by atoms with E-state index in [9.17, 15) is 0 Å². The van der Waals surface area contributed by atoms with Crippen LogP contribution in [-0.2, 0) is 0 Å². The average Bonchev–Trinajstić information content (AvgIpc) is 3.80. The van der Waals surface area contributed by atoms with Crippen molar-refractivity contribution in [1.82, 2.24) is 29.5 Å². The Kier molecular flexibility index (Phi) is 7.97. The lowest BCUT2D eigenvalue weighted by molar-refractivity contribution is 0.886. The van der Waals surface area contributed by atoms with Crippen molar-refractivity contribution in [3.05, 3.63) is 168 Å². The largest absolute Gasteiger partial charge is 0.213 e. The van der Waals surface area contributed by atoms with Crippen molar-refractivity contribution in [2.45, 2.75) is 27.7 Å². The van der Waals surface area contributed by atoms with E-state index in [1.165, 1.54) is 33.4 Å². The highest BCUT2D eigenvalue weighted by Gasteiger charge is 2.21. The van der Waals surface area contributed by atoms with Gasteiger partial charge < -0.3 is 0 Å². The molecule has 0 aliphatic carbocycles. The number of hydrogen-bond donors (Lipinski definition) is 0. The highest BCUT2D eigenvalue weighted by Crippen LogP contribution is 2.37. The number of hydrogen-bond acceptors (Lipinski definition) is 4. The summed E-state index contributed by atoms with van der Waals surface area (Å²) in [5.74, 6) is 3.02. The van der Waals surface area contributed by atoms with E-state index in [-0.39, 0.29) is 0 Å². The summed E-state index contributed by atoms with van der Waals surface area (Å²) in [6.07, 6.45) is 0. The second-order valence-corrected chi connectivity index (χ2v) is 12.7. The van der Waals surface area contributed by atoms with Gasteiger partial charge in [0.05, 0.1) is 11.4 Å². The van der Waals surface area contributed by atoms with E-state index in [0.717, 1.165) is 45.3 Å². The fourth-order valence-electron chi connectivity index (χ4n) is 6.87. The first-order valence-electron chi connectivity index (χ1n) is 16.8. The predicted molar refractivity (Wildman–Crippen MR) is 202 cm³/mol. The Bertz CT molecular complexity index is 2220. The van der Waals surface area contributed by atoms with Crippen LogP contribution in [0.1, 0.15) is 22.3 Å². The van der Waals surface area contributed by atoms with E-state index in [0.29, 0.717) is 11.6 Å². The molecule has 0 saturated carbocycles. The molecule has 8 aromatic rings. The molecule has 0 aliphatic heterocycles. The van der Waals surface area contributed by atoms with Gasteiger partial charge in [0.1, 0.15) is 0 Å². The second-order valence-electron chi connectivity index (χ2n) is 12.7. The Morgan fingerprint density at radius 1 is 0.360 bits per heavy atom. The normalized spacial score (nSPS) is 11.2. The molecular weight excluding hydrogens is 613 g/mol. The summed E-state index contributed by atoms with van der Waals surface area (Å²) in [4.78, 5) is 10.0. The topological polar surface area (TPSA) is 61.4 Å². The van der Waals surface area contributed by atoms with Crippen LogP contribution in [0.25, 0.3) is 68.1 Å². The zero-order valence-electron chi connectivity index (χ0n) is 28.5. The standard InChI is InChI=1S/C44H36N6/c1-29-25-37(49-43(35-21-13-7-14-22-35)45-41(47-49)33-17-9-5-10-18-33)26-30(2)39(29)40-31(3)27-38(28-32(40)4)50-44(36-23-15-8-16-24-36)46-42(48-50)34-19-11-6-12-20-34/h5-28H,1-4H3. The minimum absolute atomic E-state index is 0.699. The molecule has 0 spiro atoms. The Hall–Kier alpha value is -6.40. The van der Waals surface area contributed by atoms with Gasteiger partial charge in [-0.15, -0.1) is 10.2 Å². The average molecular weight is 649 g/mol. The molecule has 0 radical (unpaired) electrons. The minimum atomic E-state index is 0.699. The van der Waals surface area contributed by atoms with Crippen LogP contribution >= 0.6 is 0 Å². The summed E-state index contributed by atoms with van der Waals surface area (Å²) in [5.41, 5.74) is 13.1. The van der Waals surface area contributed by atoms with Gasteiger partial charge in [-0.05, 0) is 85.3 Å². The molecule has 2 heterocycles. The first kappa shape index (κ1) is 30.9. The molecule has 2 aromatic heterocycles. The first-order chi connectivity index (χ1) is 24.4. The lowest BCUT2D eigenvalue weighted by Crippen LogP contribution is -2.05. The van der Waals surface area contributed by atoms with Crippen LogP contribution in [0.2, 0.25) is 0 Å². The molecule has 50 heavy (non-hydrogen) atoms. The Morgan fingerprint density at radius 3 is 0.940 bits per heavy atom. The lowest BCUT2D eigenvalue weighted by Gasteiger charge is -2.19. The highest BCUT2D eigenvalue weighted by molar-refractivity contribution is 5.79. The maximum absolute atomic E-state index is 5.04. The van der Waals surface area contributed by atoms with Crippen molar-refractivity contribution < 1.29 is 0 Å². The maximum Gasteiger partial charge on any atom is 0.182 e. The molecule has 8 rings (SSSR count). The number of nitrogens with zero attached hydrogens (tertiary/aromatic N) is 6. The smallest absolute Gasteiger partial charge is 0.182 e. The Morgan fingerprint density at radius 2 is 0.640 bits per heavy atom. The van der Waals surface area contributed by atoms with Crippen molar-refractivity contribution in [2.24, 2.45) is 0 Å². The minimum Gasteiger partial charge on any atom is -0.213 e. The number of benzene rings is 6. The molecule has 242 valence electrons. The van der Waals surface area contributed by atoms with Gasteiger partial charge in [0.25, 0.3) is 0 Å². The molecule has 0 aliphatic rings. The fraction of sp³-hybridized carbons (Fsp3) is 0.0909. The van der Waals surface area contributed by atoms with E-state index < -0.39 is 0 Å². The van der Waals surface area contributed by atoms with Gasteiger partial charge in [0.2, 0.25) is 0 Å². The molecule has 0 N–H and O–H groups in total. The fourth-order valence-corrected chi connectivity index (χ4v) is 6.87. The quantitative estimate of drug-likeness (QED) is 0.173. The number of aryl methyl sites for hydroxylation is 4. The van der Waals surface area contributed by atoms with Crippen molar-refractivity contribution in [1.29, 1.82) is 0 Å². The summed E-state index contributed by atoms with van der Waals surface area (Å²) in [7, 11) is 0. The van der Waals surface area contributed by atoms with Crippen LogP contribution in [0.5, 0.6) is 0 Å². The molecule has 0 unspecified atom stereocenters. The predicted octanol–water partition coefficient (Wildman–Crippen LogP) is 10.4. The van der Waals surface area contributed by atoms with Gasteiger partial charge in [-0.2, -0.15) is 0 Å². The SMILES string of the molecule is Cc1cc(-n2nc(-c3ccccc3)nc2-c2ccccc2)cc(C)c1-c1c(C)cc(-n2nc(-c3ccccc3)nc2-c2ccccc2)cc1C. The summed E-state index contributed by atoms with van der Waals surface area (Å²) in [6, 6.07) is 49.7. The van der Waals surface area contributed by atoms with E-state index >= 15 is 0 Å². The summed E-state index contributed by atoms with van der Waals surface area (Å²) >= 11 is 0. The third kappa shape index (κ3) is 5.71. The Balaban J connectivity index is 1.22. The molecule has 0 fully saturated rings. The summed E-state index contributed by atoms with van der Waals surface area (Å²) < 4.78 is 3.95. The van der Waals surface area contributed by atoms with Gasteiger partial charge in [0, 0.05) is 22.3 Å². The van der Waals surface area contributed by atoms with E-state index in [1.807, 2.05) is 106 Å². The maximum atomic E-state index is 5.04. The zero-order chi connectivity index (χ0) is 34.2. The van der Waals surface area contributed by atoms with Gasteiger partial charge in [-0.1, -0.05) is 121 Å².